The van der Waals surface area contributed by atoms with Crippen LogP contribution >= 0.6 is 23.2 Å². The standard InChI is InChI=1S/C16H15Cl2N5/c1-22(10-12-6-5-9-14(17)16(12)18)11-15-19-20-21-23(15)13-7-3-2-4-8-13/h2-9H,10-11H2,1H3. The average Bonchev–Trinajstić information content (AvgIpc) is 3.00. The summed E-state index contributed by atoms with van der Waals surface area (Å²) in [5, 5.41) is 13.1. The van der Waals surface area contributed by atoms with Gasteiger partial charge in [0.1, 0.15) is 0 Å². The number of tetrazole rings is 1. The highest BCUT2D eigenvalue weighted by Gasteiger charge is 2.13. The smallest absolute Gasteiger partial charge is 0.170 e. The molecule has 2 aromatic carbocycles. The largest absolute Gasteiger partial charge is 0.295 e. The lowest BCUT2D eigenvalue weighted by Gasteiger charge is -2.17. The van der Waals surface area contributed by atoms with Crippen LogP contribution in [0.1, 0.15) is 11.4 Å². The molecule has 7 heteroatoms. The first kappa shape index (κ1) is 15.9. The van der Waals surface area contributed by atoms with Gasteiger partial charge in [0.05, 0.1) is 22.3 Å². The Hall–Kier alpha value is -1.95. The van der Waals surface area contributed by atoms with E-state index < -0.39 is 0 Å². The zero-order valence-electron chi connectivity index (χ0n) is 12.5. The van der Waals surface area contributed by atoms with E-state index in [-0.39, 0.29) is 0 Å². The molecule has 0 aliphatic carbocycles. The van der Waals surface area contributed by atoms with Crippen LogP contribution in [0.2, 0.25) is 10.0 Å². The van der Waals surface area contributed by atoms with Gasteiger partial charge in [-0.05, 0) is 41.2 Å². The first-order chi connectivity index (χ1) is 11.1. The van der Waals surface area contributed by atoms with Gasteiger partial charge < -0.3 is 0 Å². The summed E-state index contributed by atoms with van der Waals surface area (Å²) >= 11 is 12.3. The Labute approximate surface area is 144 Å². The molecule has 0 aliphatic heterocycles. The molecule has 0 N–H and O–H groups in total. The first-order valence-electron chi connectivity index (χ1n) is 7.09. The minimum atomic E-state index is 0.562. The van der Waals surface area contributed by atoms with Crippen LogP contribution in [0.15, 0.2) is 48.5 Å². The van der Waals surface area contributed by atoms with Crippen molar-refractivity contribution in [3.63, 3.8) is 0 Å². The third-order valence-electron chi connectivity index (χ3n) is 3.42. The van der Waals surface area contributed by atoms with Crippen LogP contribution in [0.5, 0.6) is 0 Å². The van der Waals surface area contributed by atoms with Crippen LogP contribution in [0, 0.1) is 0 Å². The number of hydrogen-bond acceptors (Lipinski definition) is 4. The molecule has 3 aromatic rings. The minimum absolute atomic E-state index is 0.562. The van der Waals surface area contributed by atoms with E-state index in [0.29, 0.717) is 23.1 Å². The van der Waals surface area contributed by atoms with E-state index in [2.05, 4.69) is 20.4 Å². The molecule has 0 fully saturated rings. The molecule has 0 saturated carbocycles. The lowest BCUT2D eigenvalue weighted by molar-refractivity contribution is 0.307. The van der Waals surface area contributed by atoms with E-state index in [4.69, 9.17) is 23.2 Å². The second-order valence-corrected chi connectivity index (χ2v) is 6.01. The molecule has 0 radical (unpaired) electrons. The fraction of sp³-hybridized carbons (Fsp3) is 0.188. The van der Waals surface area contributed by atoms with Crippen molar-refractivity contribution in [2.45, 2.75) is 13.1 Å². The molecular weight excluding hydrogens is 333 g/mol. The van der Waals surface area contributed by atoms with Gasteiger partial charge in [0.25, 0.3) is 0 Å². The normalized spacial score (nSPS) is 11.1. The molecule has 0 atom stereocenters. The van der Waals surface area contributed by atoms with Gasteiger partial charge in [-0.2, -0.15) is 4.68 Å². The molecular formula is C16H15Cl2N5. The van der Waals surface area contributed by atoms with E-state index in [0.717, 1.165) is 17.1 Å². The summed E-state index contributed by atoms with van der Waals surface area (Å²) in [6.45, 7) is 1.24. The Morgan fingerprint density at radius 2 is 1.78 bits per heavy atom. The number of aromatic nitrogens is 4. The summed E-state index contributed by atoms with van der Waals surface area (Å²) in [5.74, 6) is 0.761. The third-order valence-corrected chi connectivity index (χ3v) is 4.28. The van der Waals surface area contributed by atoms with E-state index in [9.17, 15) is 0 Å². The molecule has 1 heterocycles. The molecule has 0 unspecified atom stereocenters. The maximum atomic E-state index is 6.24. The summed E-state index contributed by atoms with van der Waals surface area (Å²) in [5.41, 5.74) is 1.90. The minimum Gasteiger partial charge on any atom is -0.295 e. The van der Waals surface area contributed by atoms with Crippen molar-refractivity contribution in [2.24, 2.45) is 0 Å². The third kappa shape index (κ3) is 3.69. The summed E-state index contributed by atoms with van der Waals surface area (Å²) in [7, 11) is 1.99. The Morgan fingerprint density at radius 3 is 2.57 bits per heavy atom. The fourth-order valence-electron chi connectivity index (χ4n) is 2.33. The first-order valence-corrected chi connectivity index (χ1v) is 7.85. The Bertz CT molecular complexity index is 788. The van der Waals surface area contributed by atoms with Crippen molar-refractivity contribution in [3.05, 3.63) is 70.0 Å². The van der Waals surface area contributed by atoms with E-state index in [1.54, 1.807) is 10.7 Å². The van der Waals surface area contributed by atoms with Crippen LogP contribution in [-0.4, -0.2) is 32.2 Å². The number of benzene rings is 2. The Morgan fingerprint density at radius 1 is 1.00 bits per heavy atom. The van der Waals surface area contributed by atoms with Crippen LogP contribution in [0.3, 0.4) is 0 Å². The maximum Gasteiger partial charge on any atom is 0.170 e. The summed E-state index contributed by atoms with van der Waals surface area (Å²) in [4.78, 5) is 2.09. The maximum absolute atomic E-state index is 6.24. The SMILES string of the molecule is CN(Cc1cccc(Cl)c1Cl)Cc1nnnn1-c1ccccc1. The van der Waals surface area contributed by atoms with Crippen molar-refractivity contribution in [1.29, 1.82) is 0 Å². The molecule has 118 valence electrons. The van der Waals surface area contributed by atoms with Crippen LogP contribution in [0.4, 0.5) is 0 Å². The van der Waals surface area contributed by atoms with E-state index >= 15 is 0 Å². The van der Waals surface area contributed by atoms with Crippen LogP contribution < -0.4 is 0 Å². The molecule has 23 heavy (non-hydrogen) atoms. The number of halogens is 2. The van der Waals surface area contributed by atoms with Crippen LogP contribution in [0.25, 0.3) is 5.69 Å². The molecule has 5 nitrogen and oxygen atoms in total. The second kappa shape index (κ2) is 7.08. The summed E-state index contributed by atoms with van der Waals surface area (Å²) in [6.07, 6.45) is 0. The Balaban J connectivity index is 1.75. The van der Waals surface area contributed by atoms with E-state index in [1.165, 1.54) is 0 Å². The van der Waals surface area contributed by atoms with Gasteiger partial charge in [0, 0.05) is 6.54 Å². The lowest BCUT2D eigenvalue weighted by Crippen LogP contribution is -2.20. The molecule has 1 aromatic heterocycles. The molecule has 0 bridgehead atoms. The van der Waals surface area contributed by atoms with Gasteiger partial charge in [-0.25, -0.2) is 0 Å². The number of nitrogens with zero attached hydrogens (tertiary/aromatic N) is 5. The monoisotopic (exact) mass is 347 g/mol. The van der Waals surface area contributed by atoms with Crippen molar-refractivity contribution in [2.75, 3.05) is 7.05 Å². The van der Waals surface area contributed by atoms with Gasteiger partial charge in [-0.15, -0.1) is 5.10 Å². The molecule has 0 aliphatic rings. The Kier molecular flexibility index (Phi) is 4.91. The summed E-state index contributed by atoms with van der Waals surface area (Å²) in [6, 6.07) is 15.4. The zero-order chi connectivity index (χ0) is 16.2. The predicted octanol–water partition coefficient (Wildman–Crippen LogP) is 3.60. The van der Waals surface area contributed by atoms with Gasteiger partial charge >= 0.3 is 0 Å². The van der Waals surface area contributed by atoms with Gasteiger partial charge in [-0.1, -0.05) is 53.5 Å². The van der Waals surface area contributed by atoms with E-state index in [1.807, 2.05) is 49.5 Å². The van der Waals surface area contributed by atoms with Gasteiger partial charge in [0.15, 0.2) is 5.82 Å². The topological polar surface area (TPSA) is 46.8 Å². The highest BCUT2D eigenvalue weighted by Crippen LogP contribution is 2.26. The zero-order valence-corrected chi connectivity index (χ0v) is 14.0. The van der Waals surface area contributed by atoms with Crippen molar-refractivity contribution in [1.82, 2.24) is 25.1 Å². The molecule has 3 rings (SSSR count). The summed E-state index contributed by atoms with van der Waals surface area (Å²) < 4.78 is 1.73. The lowest BCUT2D eigenvalue weighted by atomic mass is 10.2. The quantitative estimate of drug-likeness (QED) is 0.707. The number of rotatable bonds is 5. The predicted molar refractivity (Wildman–Crippen MR) is 90.8 cm³/mol. The van der Waals surface area contributed by atoms with Crippen molar-refractivity contribution < 1.29 is 0 Å². The fourth-order valence-corrected chi connectivity index (χ4v) is 2.71. The molecule has 0 amide bonds. The highest BCUT2D eigenvalue weighted by atomic mass is 35.5. The number of para-hydroxylation sites is 1. The van der Waals surface area contributed by atoms with Crippen LogP contribution in [-0.2, 0) is 13.1 Å². The van der Waals surface area contributed by atoms with Gasteiger partial charge in [-0.3, -0.25) is 4.90 Å². The number of hydrogen-bond donors (Lipinski definition) is 0. The van der Waals surface area contributed by atoms with Crippen molar-refractivity contribution in [3.8, 4) is 5.69 Å². The molecule has 0 saturated heterocycles. The second-order valence-electron chi connectivity index (χ2n) is 5.23. The van der Waals surface area contributed by atoms with Gasteiger partial charge in [0.2, 0.25) is 0 Å². The average molecular weight is 348 g/mol. The van der Waals surface area contributed by atoms with Crippen molar-refractivity contribution >= 4 is 23.2 Å². The highest BCUT2D eigenvalue weighted by molar-refractivity contribution is 6.42. The molecule has 0 spiro atoms.